The fourth-order valence-corrected chi connectivity index (χ4v) is 3.59. The fourth-order valence-electron chi connectivity index (χ4n) is 2.63. The van der Waals surface area contributed by atoms with Crippen LogP contribution in [-0.4, -0.2) is 33.2 Å². The molecule has 1 aromatic carbocycles. The average molecular weight is 412 g/mol. The number of nitrogens with zero attached hydrogens (tertiary/aromatic N) is 4. The molecule has 9 heteroatoms. The van der Waals surface area contributed by atoms with Crippen molar-refractivity contribution < 1.29 is 14.3 Å². The third kappa shape index (κ3) is 4.57. The molecule has 0 atom stereocenters. The van der Waals surface area contributed by atoms with E-state index < -0.39 is 11.9 Å². The number of hydrogen-bond donors (Lipinski definition) is 0. The predicted molar refractivity (Wildman–Crippen MR) is 109 cm³/mol. The number of carbonyl (C=O) groups excluding carboxylic acids is 2. The van der Waals surface area contributed by atoms with Crippen molar-refractivity contribution in [1.29, 1.82) is 0 Å². The van der Waals surface area contributed by atoms with E-state index in [0.717, 1.165) is 21.6 Å². The van der Waals surface area contributed by atoms with Crippen LogP contribution in [0.3, 0.4) is 0 Å². The Balaban J connectivity index is 2.02. The minimum atomic E-state index is -0.471. The highest BCUT2D eigenvalue weighted by atomic mass is 32.1. The van der Waals surface area contributed by atoms with Crippen LogP contribution < -0.4 is 10.5 Å². The Labute approximate surface area is 171 Å². The first-order chi connectivity index (χ1) is 13.9. The highest BCUT2D eigenvalue weighted by Gasteiger charge is 2.26. The van der Waals surface area contributed by atoms with Gasteiger partial charge in [-0.1, -0.05) is 41.7 Å². The van der Waals surface area contributed by atoms with Crippen LogP contribution in [0.1, 0.15) is 38.3 Å². The number of esters is 1. The summed E-state index contributed by atoms with van der Waals surface area (Å²) in [5.41, 5.74) is 1.17. The number of benzene rings is 1. The SMILES string of the molecule is CCOC(=O)c1sc(N(Cc2ccccc2)C(=O)c2ccc(=O)n(C)n2)nc1C. The van der Waals surface area contributed by atoms with Crippen molar-refractivity contribution in [1.82, 2.24) is 14.8 Å². The molecule has 0 radical (unpaired) electrons. The first-order valence-corrected chi connectivity index (χ1v) is 9.77. The molecule has 3 rings (SSSR count). The quantitative estimate of drug-likeness (QED) is 0.578. The third-order valence-corrected chi connectivity index (χ3v) is 5.25. The van der Waals surface area contributed by atoms with Gasteiger partial charge in [-0.25, -0.2) is 14.5 Å². The Morgan fingerprint density at radius 2 is 1.90 bits per heavy atom. The fraction of sp³-hybridized carbons (Fsp3) is 0.250. The summed E-state index contributed by atoms with van der Waals surface area (Å²) in [6.45, 7) is 3.91. The molecule has 0 unspecified atom stereocenters. The lowest BCUT2D eigenvalue weighted by molar-refractivity contribution is 0.0531. The van der Waals surface area contributed by atoms with Gasteiger partial charge in [-0.15, -0.1) is 0 Å². The topological polar surface area (TPSA) is 94.4 Å². The molecule has 2 aromatic heterocycles. The molecule has 1 amide bonds. The number of aromatic nitrogens is 3. The molecular weight excluding hydrogens is 392 g/mol. The van der Waals surface area contributed by atoms with Gasteiger partial charge >= 0.3 is 5.97 Å². The van der Waals surface area contributed by atoms with E-state index in [4.69, 9.17) is 4.74 Å². The highest BCUT2D eigenvalue weighted by Crippen LogP contribution is 2.29. The standard InChI is InChI=1S/C20H20N4O4S/c1-4-28-19(27)17-13(2)21-20(29-17)24(12-14-8-6-5-7-9-14)18(26)15-10-11-16(25)23(3)22-15/h5-11H,4,12H2,1-3H3. The molecular formula is C20H20N4O4S. The zero-order valence-corrected chi connectivity index (χ0v) is 17.1. The highest BCUT2D eigenvalue weighted by molar-refractivity contribution is 7.17. The number of carbonyl (C=O) groups is 2. The summed E-state index contributed by atoms with van der Waals surface area (Å²) >= 11 is 1.09. The average Bonchev–Trinajstić information content (AvgIpc) is 3.10. The lowest BCUT2D eigenvalue weighted by atomic mass is 10.2. The second-order valence-corrected chi connectivity index (χ2v) is 7.17. The van der Waals surface area contributed by atoms with Crippen molar-refractivity contribution in [3.05, 3.63) is 74.6 Å². The maximum absolute atomic E-state index is 13.2. The molecule has 0 N–H and O–H groups in total. The lowest BCUT2D eigenvalue weighted by Crippen LogP contribution is -2.33. The summed E-state index contributed by atoms with van der Waals surface area (Å²) in [5.74, 6) is -0.894. The zero-order chi connectivity index (χ0) is 21.0. The number of hydrogen-bond acceptors (Lipinski definition) is 7. The Hall–Kier alpha value is -3.33. The molecule has 3 aromatic rings. The van der Waals surface area contributed by atoms with E-state index in [-0.39, 0.29) is 24.4 Å². The van der Waals surface area contributed by atoms with Gasteiger partial charge in [0.25, 0.3) is 11.5 Å². The van der Waals surface area contributed by atoms with Crippen LogP contribution in [0.25, 0.3) is 0 Å². The van der Waals surface area contributed by atoms with Gasteiger partial charge in [-0.05, 0) is 25.5 Å². The maximum Gasteiger partial charge on any atom is 0.350 e. The summed E-state index contributed by atoms with van der Waals surface area (Å²) < 4.78 is 6.17. The molecule has 29 heavy (non-hydrogen) atoms. The Bertz CT molecular complexity index is 1090. The normalized spacial score (nSPS) is 10.6. The van der Waals surface area contributed by atoms with E-state index in [9.17, 15) is 14.4 Å². The summed E-state index contributed by atoms with van der Waals surface area (Å²) in [6.07, 6.45) is 0. The smallest absolute Gasteiger partial charge is 0.350 e. The lowest BCUT2D eigenvalue weighted by Gasteiger charge is -2.19. The summed E-state index contributed by atoms with van der Waals surface area (Å²) in [4.78, 5) is 43.2. The van der Waals surface area contributed by atoms with Crippen molar-refractivity contribution in [3.8, 4) is 0 Å². The van der Waals surface area contributed by atoms with Gasteiger partial charge in [-0.2, -0.15) is 5.10 Å². The van der Waals surface area contributed by atoms with Crippen molar-refractivity contribution >= 4 is 28.3 Å². The number of thiazole rings is 1. The molecule has 0 spiro atoms. The van der Waals surface area contributed by atoms with Crippen LogP contribution >= 0.6 is 11.3 Å². The molecule has 0 aliphatic rings. The van der Waals surface area contributed by atoms with Crippen LogP contribution in [0.2, 0.25) is 0 Å². The van der Waals surface area contributed by atoms with Crippen LogP contribution in [0.15, 0.2) is 47.3 Å². The van der Waals surface area contributed by atoms with Gasteiger partial charge in [0, 0.05) is 13.1 Å². The summed E-state index contributed by atoms with van der Waals surface area (Å²) in [5, 5.41) is 4.41. The molecule has 0 saturated carbocycles. The van der Waals surface area contributed by atoms with Gasteiger partial charge in [0.15, 0.2) is 5.13 Å². The van der Waals surface area contributed by atoms with E-state index in [1.54, 1.807) is 13.8 Å². The molecule has 0 bridgehead atoms. The van der Waals surface area contributed by atoms with Gasteiger partial charge < -0.3 is 4.74 Å². The zero-order valence-electron chi connectivity index (χ0n) is 16.3. The van der Waals surface area contributed by atoms with E-state index >= 15 is 0 Å². The number of rotatable bonds is 6. The number of amides is 1. The van der Waals surface area contributed by atoms with Crippen molar-refractivity contribution in [2.24, 2.45) is 7.05 Å². The molecule has 0 fully saturated rings. The van der Waals surface area contributed by atoms with E-state index in [2.05, 4.69) is 10.1 Å². The van der Waals surface area contributed by atoms with E-state index in [0.29, 0.717) is 15.7 Å². The minimum Gasteiger partial charge on any atom is -0.462 e. The summed E-state index contributed by atoms with van der Waals surface area (Å²) in [7, 11) is 1.48. The van der Waals surface area contributed by atoms with Crippen molar-refractivity contribution in [3.63, 3.8) is 0 Å². The van der Waals surface area contributed by atoms with Crippen molar-refractivity contribution in [2.75, 3.05) is 11.5 Å². The second-order valence-electron chi connectivity index (χ2n) is 6.19. The molecule has 0 saturated heterocycles. The molecule has 2 heterocycles. The van der Waals surface area contributed by atoms with Gasteiger partial charge in [0.1, 0.15) is 10.6 Å². The Morgan fingerprint density at radius 1 is 1.17 bits per heavy atom. The van der Waals surface area contributed by atoms with Gasteiger partial charge in [-0.3, -0.25) is 14.5 Å². The summed E-state index contributed by atoms with van der Waals surface area (Å²) in [6, 6.07) is 12.1. The molecule has 0 aliphatic carbocycles. The Kier molecular flexibility index (Phi) is 6.18. The number of aryl methyl sites for hydroxylation is 2. The first-order valence-electron chi connectivity index (χ1n) is 8.95. The number of ether oxygens (including phenoxy) is 1. The monoisotopic (exact) mass is 412 g/mol. The van der Waals surface area contributed by atoms with Crippen molar-refractivity contribution in [2.45, 2.75) is 20.4 Å². The third-order valence-electron chi connectivity index (χ3n) is 4.09. The van der Waals surface area contributed by atoms with Crippen LogP contribution in [0, 0.1) is 6.92 Å². The minimum absolute atomic E-state index is 0.105. The second kappa shape index (κ2) is 8.78. The number of anilines is 1. The van der Waals surface area contributed by atoms with E-state index in [1.165, 1.54) is 24.1 Å². The van der Waals surface area contributed by atoms with Gasteiger partial charge in [0.2, 0.25) is 0 Å². The first kappa shape index (κ1) is 20.4. The molecule has 150 valence electrons. The predicted octanol–water partition coefficient (Wildman–Crippen LogP) is 2.57. The van der Waals surface area contributed by atoms with Crippen LogP contribution in [0.5, 0.6) is 0 Å². The largest absolute Gasteiger partial charge is 0.462 e. The Morgan fingerprint density at radius 3 is 2.55 bits per heavy atom. The maximum atomic E-state index is 13.2. The van der Waals surface area contributed by atoms with Crippen LogP contribution in [-0.2, 0) is 18.3 Å². The van der Waals surface area contributed by atoms with E-state index in [1.807, 2.05) is 30.3 Å². The van der Waals surface area contributed by atoms with Crippen LogP contribution in [0.4, 0.5) is 5.13 Å². The molecule has 8 nitrogen and oxygen atoms in total. The molecule has 0 aliphatic heterocycles. The van der Waals surface area contributed by atoms with Gasteiger partial charge in [0.05, 0.1) is 18.8 Å².